The number of rotatable bonds is 5. The topological polar surface area (TPSA) is 90.2 Å². The number of carboxylic acids is 1. The lowest BCUT2D eigenvalue weighted by molar-refractivity contribution is -0.149. The number of nitrogens with zero attached hydrogens (tertiary/aromatic N) is 1. The fourth-order valence-electron chi connectivity index (χ4n) is 1.49. The zero-order valence-corrected chi connectivity index (χ0v) is 10.9. The Labute approximate surface area is 111 Å². The van der Waals surface area contributed by atoms with Gasteiger partial charge in [0.15, 0.2) is 0 Å². The first-order valence-electron chi connectivity index (χ1n) is 5.84. The molecule has 5 nitrogen and oxygen atoms in total. The van der Waals surface area contributed by atoms with Crippen LogP contribution in [0.25, 0.3) is 0 Å². The fourth-order valence-corrected chi connectivity index (χ4v) is 1.49. The summed E-state index contributed by atoms with van der Waals surface area (Å²) in [4.78, 5) is 22.5. The number of amides is 1. The lowest BCUT2D eigenvalue weighted by atomic mass is 9.89. The molecule has 1 aromatic carbocycles. The maximum Gasteiger partial charge on any atom is 0.309 e. The first-order valence-corrected chi connectivity index (χ1v) is 5.84. The molecule has 0 spiro atoms. The second kappa shape index (κ2) is 6.01. The third kappa shape index (κ3) is 4.43. The van der Waals surface area contributed by atoms with E-state index in [-0.39, 0.29) is 18.9 Å². The van der Waals surface area contributed by atoms with Gasteiger partial charge in [-0.3, -0.25) is 9.59 Å². The summed E-state index contributed by atoms with van der Waals surface area (Å²) in [6.45, 7) is 3.29. The Balaban J connectivity index is 2.55. The quantitative estimate of drug-likeness (QED) is 0.842. The van der Waals surface area contributed by atoms with Crippen LogP contribution < -0.4 is 5.32 Å². The van der Waals surface area contributed by atoms with E-state index in [0.29, 0.717) is 5.56 Å². The molecule has 2 N–H and O–H groups in total. The van der Waals surface area contributed by atoms with Crippen molar-refractivity contribution in [2.75, 3.05) is 0 Å². The molecule has 0 atom stereocenters. The normalized spacial score (nSPS) is 10.6. The highest BCUT2D eigenvalue weighted by Crippen LogP contribution is 2.20. The summed E-state index contributed by atoms with van der Waals surface area (Å²) >= 11 is 0. The molecule has 0 bridgehead atoms. The number of carboxylic acid groups (broad SMARTS) is 1. The minimum absolute atomic E-state index is 0.0831. The van der Waals surface area contributed by atoms with Crippen LogP contribution in [0, 0.1) is 16.7 Å². The van der Waals surface area contributed by atoms with Crippen molar-refractivity contribution in [3.05, 3.63) is 35.4 Å². The van der Waals surface area contributed by atoms with E-state index in [0.717, 1.165) is 5.56 Å². The number of carbonyl (C=O) groups is 2. The molecule has 5 heteroatoms. The molecule has 1 rings (SSSR count). The molecule has 0 saturated heterocycles. The Morgan fingerprint density at radius 1 is 1.42 bits per heavy atom. The number of carbonyl (C=O) groups excluding carboxylic acids is 1. The van der Waals surface area contributed by atoms with Gasteiger partial charge >= 0.3 is 5.97 Å². The number of nitriles is 1. The molecule has 1 aromatic rings. The van der Waals surface area contributed by atoms with Gasteiger partial charge in [-0.2, -0.15) is 5.26 Å². The van der Waals surface area contributed by atoms with Gasteiger partial charge in [0.2, 0.25) is 5.91 Å². The molecule has 0 aliphatic rings. The minimum Gasteiger partial charge on any atom is -0.481 e. The van der Waals surface area contributed by atoms with Crippen molar-refractivity contribution in [1.29, 1.82) is 5.26 Å². The lowest BCUT2D eigenvalue weighted by Gasteiger charge is -2.18. The maximum atomic E-state index is 11.7. The van der Waals surface area contributed by atoms with Crippen molar-refractivity contribution in [3.8, 4) is 6.07 Å². The van der Waals surface area contributed by atoms with Crippen molar-refractivity contribution in [3.63, 3.8) is 0 Å². The molecule has 0 radical (unpaired) electrons. The average Bonchev–Trinajstić information content (AvgIpc) is 2.36. The molecule has 0 aromatic heterocycles. The molecule has 1 amide bonds. The number of hydrogen-bond donors (Lipinski definition) is 2. The second-order valence-electron chi connectivity index (χ2n) is 4.95. The van der Waals surface area contributed by atoms with Crippen LogP contribution in [-0.2, 0) is 16.1 Å². The van der Waals surface area contributed by atoms with E-state index < -0.39 is 11.4 Å². The van der Waals surface area contributed by atoms with Gasteiger partial charge in [0.1, 0.15) is 0 Å². The van der Waals surface area contributed by atoms with E-state index in [4.69, 9.17) is 10.4 Å². The van der Waals surface area contributed by atoms with Crippen molar-refractivity contribution in [2.24, 2.45) is 5.41 Å². The maximum absolute atomic E-state index is 11.7. The number of nitrogens with one attached hydrogen (secondary N) is 1. The molecule has 19 heavy (non-hydrogen) atoms. The van der Waals surface area contributed by atoms with Crippen molar-refractivity contribution < 1.29 is 14.7 Å². The first kappa shape index (κ1) is 14.7. The monoisotopic (exact) mass is 260 g/mol. The van der Waals surface area contributed by atoms with Crippen LogP contribution in [0.4, 0.5) is 0 Å². The van der Waals surface area contributed by atoms with Gasteiger partial charge in [0.05, 0.1) is 17.0 Å². The molecule has 0 heterocycles. The highest BCUT2D eigenvalue weighted by atomic mass is 16.4. The van der Waals surface area contributed by atoms with Gasteiger partial charge < -0.3 is 10.4 Å². The second-order valence-corrected chi connectivity index (χ2v) is 4.95. The van der Waals surface area contributed by atoms with Gasteiger partial charge in [-0.05, 0) is 31.5 Å². The van der Waals surface area contributed by atoms with E-state index in [2.05, 4.69) is 5.32 Å². The van der Waals surface area contributed by atoms with Crippen LogP contribution in [-0.4, -0.2) is 17.0 Å². The molecule has 0 aliphatic carbocycles. The highest BCUT2D eigenvalue weighted by Gasteiger charge is 2.29. The predicted molar refractivity (Wildman–Crippen MR) is 69.0 cm³/mol. The Hall–Kier alpha value is -2.35. The molecule has 0 aliphatic heterocycles. The zero-order valence-electron chi connectivity index (χ0n) is 10.9. The largest absolute Gasteiger partial charge is 0.481 e. The molecule has 0 saturated carbocycles. The van der Waals surface area contributed by atoms with Gasteiger partial charge in [-0.15, -0.1) is 0 Å². The highest BCUT2D eigenvalue weighted by molar-refractivity contribution is 5.84. The van der Waals surface area contributed by atoms with Crippen molar-refractivity contribution in [2.45, 2.75) is 26.8 Å². The van der Waals surface area contributed by atoms with E-state index in [1.807, 2.05) is 6.07 Å². The van der Waals surface area contributed by atoms with E-state index >= 15 is 0 Å². The van der Waals surface area contributed by atoms with Gasteiger partial charge in [-0.25, -0.2) is 0 Å². The number of aliphatic carboxylic acids is 1. The SMILES string of the molecule is CC(C)(CC(=O)NCc1cccc(C#N)c1)C(=O)O. The smallest absolute Gasteiger partial charge is 0.309 e. The summed E-state index contributed by atoms with van der Waals surface area (Å²) in [6, 6.07) is 8.91. The first-order chi connectivity index (χ1) is 8.85. The number of hydrogen-bond acceptors (Lipinski definition) is 3. The van der Waals surface area contributed by atoms with Crippen LogP contribution in [0.5, 0.6) is 0 Å². The van der Waals surface area contributed by atoms with Crippen LogP contribution in [0.2, 0.25) is 0 Å². The molecule has 100 valence electrons. The van der Waals surface area contributed by atoms with Crippen LogP contribution in [0.1, 0.15) is 31.4 Å². The van der Waals surface area contributed by atoms with Crippen molar-refractivity contribution in [1.82, 2.24) is 5.32 Å². The summed E-state index contributed by atoms with van der Waals surface area (Å²) < 4.78 is 0. The minimum atomic E-state index is -1.08. The molecule has 0 unspecified atom stereocenters. The van der Waals surface area contributed by atoms with Crippen molar-refractivity contribution >= 4 is 11.9 Å². The summed E-state index contributed by atoms with van der Waals surface area (Å²) in [5, 5.41) is 20.3. The Bertz CT molecular complexity index is 530. The molecular weight excluding hydrogens is 244 g/mol. The van der Waals surface area contributed by atoms with E-state index in [1.165, 1.54) is 13.8 Å². The summed E-state index contributed by atoms with van der Waals surface area (Å²) in [5.74, 6) is -1.33. The zero-order chi connectivity index (χ0) is 14.5. The van der Waals surface area contributed by atoms with Gasteiger partial charge in [0.25, 0.3) is 0 Å². The standard InChI is InChI=1S/C14H16N2O3/c1-14(2,13(18)19)7-12(17)16-9-11-5-3-4-10(6-11)8-15/h3-6H,7,9H2,1-2H3,(H,16,17)(H,18,19). The summed E-state index contributed by atoms with van der Waals surface area (Å²) in [6.07, 6.45) is -0.0831. The third-order valence-electron chi connectivity index (χ3n) is 2.73. The lowest BCUT2D eigenvalue weighted by Crippen LogP contribution is -2.33. The van der Waals surface area contributed by atoms with Gasteiger partial charge in [-0.1, -0.05) is 12.1 Å². The summed E-state index contributed by atoms with van der Waals surface area (Å²) in [5.41, 5.74) is 0.247. The Morgan fingerprint density at radius 3 is 2.68 bits per heavy atom. The molecular formula is C14H16N2O3. The predicted octanol–water partition coefficient (Wildman–Crippen LogP) is 1.68. The number of benzene rings is 1. The third-order valence-corrected chi connectivity index (χ3v) is 2.73. The van der Waals surface area contributed by atoms with Crippen LogP contribution in [0.3, 0.4) is 0 Å². The van der Waals surface area contributed by atoms with E-state index in [9.17, 15) is 9.59 Å². The van der Waals surface area contributed by atoms with Crippen LogP contribution in [0.15, 0.2) is 24.3 Å². The Morgan fingerprint density at radius 2 is 2.11 bits per heavy atom. The Kier molecular flexibility index (Phi) is 4.65. The van der Waals surface area contributed by atoms with Gasteiger partial charge in [0, 0.05) is 13.0 Å². The average molecular weight is 260 g/mol. The van der Waals surface area contributed by atoms with Crippen LogP contribution >= 0.6 is 0 Å². The summed E-state index contributed by atoms with van der Waals surface area (Å²) in [7, 11) is 0. The fraction of sp³-hybridized carbons (Fsp3) is 0.357. The van der Waals surface area contributed by atoms with E-state index in [1.54, 1.807) is 24.3 Å². The molecule has 0 fully saturated rings.